The van der Waals surface area contributed by atoms with Gasteiger partial charge in [-0.1, -0.05) is 6.07 Å². The van der Waals surface area contributed by atoms with Crippen molar-refractivity contribution in [1.82, 2.24) is 0 Å². The Bertz CT molecular complexity index is 510. The van der Waals surface area contributed by atoms with Gasteiger partial charge in [-0.15, -0.1) is 0 Å². The molecular weight excluding hydrogens is 238 g/mol. The van der Waals surface area contributed by atoms with Gasteiger partial charge in [-0.05, 0) is 37.9 Å². The van der Waals surface area contributed by atoms with E-state index < -0.39 is 9.84 Å². The molecule has 0 amide bonds. The smallest absolute Gasteiger partial charge is 0.181 e. The van der Waals surface area contributed by atoms with E-state index in [1.807, 2.05) is 0 Å². The number of rotatable bonds is 4. The van der Waals surface area contributed by atoms with E-state index in [2.05, 4.69) is 0 Å². The second-order valence-corrected chi connectivity index (χ2v) is 6.44. The quantitative estimate of drug-likeness (QED) is 0.875. The predicted molar refractivity (Wildman–Crippen MR) is 66.0 cm³/mol. The van der Waals surface area contributed by atoms with Crippen molar-refractivity contribution in [3.05, 3.63) is 23.8 Å². The third-order valence-electron chi connectivity index (χ3n) is 3.22. The molecule has 1 aliphatic rings. The minimum atomic E-state index is -3.19. The summed E-state index contributed by atoms with van der Waals surface area (Å²) in [6.07, 6.45) is 1.90. The second kappa shape index (κ2) is 4.66. The zero-order chi connectivity index (χ0) is 12.5. The molecule has 0 fully saturated rings. The van der Waals surface area contributed by atoms with Gasteiger partial charge in [0.15, 0.2) is 9.84 Å². The zero-order valence-electron chi connectivity index (χ0n) is 9.85. The number of ether oxygens (including phenoxy) is 1. The lowest BCUT2D eigenvalue weighted by Crippen LogP contribution is -2.18. The molecule has 0 aliphatic carbocycles. The van der Waals surface area contributed by atoms with Crippen LogP contribution in [0, 0.1) is 0 Å². The summed E-state index contributed by atoms with van der Waals surface area (Å²) in [6.45, 7) is 0.527. The van der Waals surface area contributed by atoms with E-state index in [0.29, 0.717) is 30.0 Å². The van der Waals surface area contributed by atoms with Crippen LogP contribution in [-0.2, 0) is 16.3 Å². The Morgan fingerprint density at radius 1 is 1.47 bits per heavy atom. The molecule has 0 aromatic heterocycles. The van der Waals surface area contributed by atoms with Crippen LogP contribution in [0.4, 0.5) is 0 Å². The first-order chi connectivity index (χ1) is 8.11. The van der Waals surface area contributed by atoms with Crippen LogP contribution < -0.4 is 10.5 Å². The maximum atomic E-state index is 12.3. The number of sulfone groups is 1. The van der Waals surface area contributed by atoms with Crippen molar-refractivity contribution in [1.29, 1.82) is 0 Å². The number of hydrogen-bond donors (Lipinski definition) is 1. The Labute approximate surface area is 102 Å². The molecule has 0 radical (unpaired) electrons. The van der Waals surface area contributed by atoms with E-state index >= 15 is 0 Å². The molecule has 17 heavy (non-hydrogen) atoms. The van der Waals surface area contributed by atoms with Crippen molar-refractivity contribution in [2.24, 2.45) is 5.73 Å². The maximum absolute atomic E-state index is 12.3. The molecule has 1 heterocycles. The summed E-state index contributed by atoms with van der Waals surface area (Å²) in [5.41, 5.74) is 6.25. The number of benzene rings is 1. The summed E-state index contributed by atoms with van der Waals surface area (Å²) in [5.74, 6) is 0.668. The summed E-state index contributed by atoms with van der Waals surface area (Å²) in [4.78, 5) is 0.430. The lowest BCUT2D eigenvalue weighted by molar-refractivity contribution is 0.408. The minimum Gasteiger partial charge on any atom is -0.496 e. The van der Waals surface area contributed by atoms with Gasteiger partial charge in [0.2, 0.25) is 0 Å². The van der Waals surface area contributed by atoms with Crippen LogP contribution in [-0.4, -0.2) is 27.3 Å². The molecule has 2 rings (SSSR count). The SMILES string of the molecule is COc1cccc2c1CC(CCCN)S2(=O)=O. The van der Waals surface area contributed by atoms with Crippen molar-refractivity contribution in [2.75, 3.05) is 13.7 Å². The average Bonchev–Trinajstić information content (AvgIpc) is 2.58. The largest absolute Gasteiger partial charge is 0.496 e. The predicted octanol–water partition coefficient (Wildman–Crippen LogP) is 1.13. The van der Waals surface area contributed by atoms with Crippen LogP contribution in [0.3, 0.4) is 0 Å². The van der Waals surface area contributed by atoms with Crippen molar-refractivity contribution in [3.63, 3.8) is 0 Å². The molecule has 1 atom stereocenters. The van der Waals surface area contributed by atoms with E-state index in [0.717, 1.165) is 12.0 Å². The summed E-state index contributed by atoms with van der Waals surface area (Å²) in [7, 11) is -1.62. The fraction of sp³-hybridized carbons (Fsp3) is 0.500. The first-order valence-electron chi connectivity index (χ1n) is 5.71. The molecular formula is C12H17NO3S. The van der Waals surface area contributed by atoms with Crippen LogP contribution in [0.15, 0.2) is 23.1 Å². The fourth-order valence-corrected chi connectivity index (χ4v) is 4.34. The second-order valence-electron chi connectivity index (χ2n) is 4.24. The van der Waals surface area contributed by atoms with Gasteiger partial charge in [0, 0.05) is 5.56 Å². The Kier molecular flexibility index (Phi) is 3.40. The highest BCUT2D eigenvalue weighted by atomic mass is 32.2. The summed E-state index contributed by atoms with van der Waals surface area (Å²) >= 11 is 0. The molecule has 5 heteroatoms. The highest BCUT2D eigenvalue weighted by molar-refractivity contribution is 7.92. The lowest BCUT2D eigenvalue weighted by Gasteiger charge is -2.07. The van der Waals surface area contributed by atoms with Gasteiger partial charge in [0.05, 0.1) is 17.3 Å². The normalized spacial score (nSPS) is 21.2. The Hall–Kier alpha value is -1.07. The van der Waals surface area contributed by atoms with Gasteiger partial charge in [-0.3, -0.25) is 0 Å². The van der Waals surface area contributed by atoms with Crippen LogP contribution in [0.2, 0.25) is 0 Å². The average molecular weight is 255 g/mol. The summed E-state index contributed by atoms with van der Waals surface area (Å²) in [6, 6.07) is 5.19. The van der Waals surface area contributed by atoms with Crippen LogP contribution in [0.1, 0.15) is 18.4 Å². The van der Waals surface area contributed by atoms with Crippen molar-refractivity contribution < 1.29 is 13.2 Å². The monoisotopic (exact) mass is 255 g/mol. The topological polar surface area (TPSA) is 69.4 Å². The highest BCUT2D eigenvalue weighted by Gasteiger charge is 2.37. The molecule has 2 N–H and O–H groups in total. The highest BCUT2D eigenvalue weighted by Crippen LogP contribution is 2.38. The van der Waals surface area contributed by atoms with Crippen LogP contribution in [0.5, 0.6) is 5.75 Å². The van der Waals surface area contributed by atoms with Crippen LogP contribution in [0.25, 0.3) is 0 Å². The molecule has 0 saturated heterocycles. The van der Waals surface area contributed by atoms with Gasteiger partial charge in [0.25, 0.3) is 0 Å². The zero-order valence-corrected chi connectivity index (χ0v) is 10.7. The Balaban J connectivity index is 2.39. The van der Waals surface area contributed by atoms with Crippen molar-refractivity contribution in [3.8, 4) is 5.75 Å². The van der Waals surface area contributed by atoms with Gasteiger partial charge >= 0.3 is 0 Å². The minimum absolute atomic E-state index is 0.336. The number of methoxy groups -OCH3 is 1. The van der Waals surface area contributed by atoms with Crippen molar-refractivity contribution in [2.45, 2.75) is 29.4 Å². The third-order valence-corrected chi connectivity index (χ3v) is 5.49. The van der Waals surface area contributed by atoms with E-state index in [1.165, 1.54) is 0 Å². The molecule has 1 aromatic rings. The molecule has 0 saturated carbocycles. The lowest BCUT2D eigenvalue weighted by atomic mass is 10.1. The number of nitrogens with two attached hydrogens (primary N) is 1. The van der Waals surface area contributed by atoms with Gasteiger partial charge < -0.3 is 10.5 Å². The molecule has 4 nitrogen and oxygen atoms in total. The standard InChI is InChI=1S/C12H17NO3S/c1-16-11-5-2-6-12-10(11)8-9(4-3-7-13)17(12,14)15/h2,5-6,9H,3-4,7-8,13H2,1H3. The van der Waals surface area contributed by atoms with Gasteiger partial charge in [0.1, 0.15) is 5.75 Å². The fourth-order valence-electron chi connectivity index (χ4n) is 2.32. The van der Waals surface area contributed by atoms with Gasteiger partial charge in [-0.25, -0.2) is 8.42 Å². The first-order valence-corrected chi connectivity index (χ1v) is 7.25. The summed E-state index contributed by atoms with van der Waals surface area (Å²) in [5, 5.41) is -0.336. The molecule has 1 aromatic carbocycles. The van der Waals surface area contributed by atoms with Crippen LogP contribution >= 0.6 is 0 Å². The molecule has 0 spiro atoms. The van der Waals surface area contributed by atoms with E-state index in [-0.39, 0.29) is 5.25 Å². The first kappa shape index (κ1) is 12.4. The Morgan fingerprint density at radius 2 is 2.24 bits per heavy atom. The summed E-state index contributed by atoms with van der Waals surface area (Å²) < 4.78 is 29.7. The van der Waals surface area contributed by atoms with E-state index in [1.54, 1.807) is 25.3 Å². The maximum Gasteiger partial charge on any atom is 0.181 e. The van der Waals surface area contributed by atoms with E-state index in [4.69, 9.17) is 10.5 Å². The molecule has 0 bridgehead atoms. The molecule has 1 unspecified atom stereocenters. The van der Waals surface area contributed by atoms with Gasteiger partial charge in [-0.2, -0.15) is 0 Å². The molecule has 94 valence electrons. The van der Waals surface area contributed by atoms with Crippen molar-refractivity contribution >= 4 is 9.84 Å². The number of fused-ring (bicyclic) bond motifs is 1. The number of hydrogen-bond acceptors (Lipinski definition) is 4. The Morgan fingerprint density at radius 3 is 2.88 bits per heavy atom. The van der Waals surface area contributed by atoms with E-state index in [9.17, 15) is 8.42 Å². The molecule has 1 aliphatic heterocycles. The third kappa shape index (κ3) is 2.05.